The third-order valence-electron chi connectivity index (χ3n) is 3.01. The van der Waals surface area contributed by atoms with E-state index < -0.39 is 0 Å². The predicted molar refractivity (Wildman–Crippen MR) is 65.9 cm³/mol. The van der Waals surface area contributed by atoms with Gasteiger partial charge in [0.25, 0.3) is 0 Å². The Morgan fingerprint density at radius 1 is 1.35 bits per heavy atom. The van der Waals surface area contributed by atoms with Crippen molar-refractivity contribution in [3.63, 3.8) is 0 Å². The van der Waals surface area contributed by atoms with Gasteiger partial charge in [-0.05, 0) is 33.0 Å². The lowest BCUT2D eigenvalue weighted by Crippen LogP contribution is -2.35. The van der Waals surface area contributed by atoms with E-state index in [0.717, 1.165) is 38.2 Å². The Morgan fingerprint density at radius 3 is 2.71 bits per heavy atom. The molecule has 1 fully saturated rings. The van der Waals surface area contributed by atoms with Crippen LogP contribution in [0, 0.1) is 0 Å². The second kappa shape index (κ2) is 5.93. The number of nitrogens with zero attached hydrogens (tertiary/aromatic N) is 3. The van der Waals surface area contributed by atoms with Crippen molar-refractivity contribution in [2.24, 2.45) is 0 Å². The molecular weight excluding hydrogens is 216 g/mol. The molecule has 0 atom stereocenters. The average Bonchev–Trinajstić information content (AvgIpc) is 2.35. The van der Waals surface area contributed by atoms with Crippen LogP contribution in [-0.4, -0.2) is 48.4 Å². The Hall–Kier alpha value is -1.20. The van der Waals surface area contributed by atoms with Crippen LogP contribution in [-0.2, 0) is 6.54 Å². The summed E-state index contributed by atoms with van der Waals surface area (Å²) in [5.74, 6) is 0.638. The fourth-order valence-corrected chi connectivity index (χ4v) is 1.96. The van der Waals surface area contributed by atoms with E-state index in [-0.39, 0.29) is 6.10 Å². The van der Waals surface area contributed by atoms with Crippen LogP contribution in [0.5, 0.6) is 5.88 Å². The quantitative estimate of drug-likeness (QED) is 0.832. The number of hydrogen-bond acceptors (Lipinski definition) is 5. The van der Waals surface area contributed by atoms with E-state index in [1.54, 1.807) is 0 Å². The molecule has 2 rings (SSSR count). The molecule has 0 amide bonds. The molecule has 1 aliphatic heterocycles. The molecule has 1 saturated heterocycles. The van der Waals surface area contributed by atoms with Gasteiger partial charge in [0.2, 0.25) is 5.88 Å². The van der Waals surface area contributed by atoms with Gasteiger partial charge in [0.15, 0.2) is 0 Å². The van der Waals surface area contributed by atoms with Crippen molar-refractivity contribution in [3.8, 4) is 5.88 Å². The number of hydrogen-bond donors (Lipinski definition) is 1. The molecule has 1 aromatic rings. The van der Waals surface area contributed by atoms with Gasteiger partial charge in [-0.3, -0.25) is 0 Å². The molecule has 0 bridgehead atoms. The Balaban J connectivity index is 1.86. The van der Waals surface area contributed by atoms with Crippen molar-refractivity contribution in [2.45, 2.75) is 25.5 Å². The third kappa shape index (κ3) is 3.64. The second-order valence-corrected chi connectivity index (χ2v) is 4.51. The van der Waals surface area contributed by atoms with Crippen LogP contribution in [0.2, 0.25) is 0 Å². The Morgan fingerprint density at radius 2 is 2.12 bits per heavy atom. The van der Waals surface area contributed by atoms with Crippen LogP contribution >= 0.6 is 0 Å². The van der Waals surface area contributed by atoms with Crippen LogP contribution in [0.1, 0.15) is 18.5 Å². The standard InChI is InChI=1S/C12H20N4O/c1-13-9-10-3-4-12(15-14-10)17-11-5-7-16(2)8-6-11/h3-4,11,13H,5-9H2,1-2H3. The largest absolute Gasteiger partial charge is 0.473 e. The molecule has 5 heteroatoms. The minimum Gasteiger partial charge on any atom is -0.473 e. The smallest absolute Gasteiger partial charge is 0.233 e. The van der Waals surface area contributed by atoms with E-state index in [2.05, 4.69) is 27.5 Å². The number of rotatable bonds is 4. The van der Waals surface area contributed by atoms with Crippen LogP contribution in [0.4, 0.5) is 0 Å². The van der Waals surface area contributed by atoms with Gasteiger partial charge < -0.3 is 15.0 Å². The summed E-state index contributed by atoms with van der Waals surface area (Å²) in [5, 5.41) is 11.2. The summed E-state index contributed by atoms with van der Waals surface area (Å²) in [6.45, 7) is 2.92. The van der Waals surface area contributed by atoms with Crippen molar-refractivity contribution in [1.29, 1.82) is 0 Å². The maximum absolute atomic E-state index is 5.82. The first-order valence-corrected chi connectivity index (χ1v) is 6.10. The molecule has 0 aliphatic carbocycles. The zero-order valence-corrected chi connectivity index (χ0v) is 10.5. The van der Waals surface area contributed by atoms with E-state index in [1.807, 2.05) is 19.2 Å². The summed E-state index contributed by atoms with van der Waals surface area (Å²) in [5.41, 5.74) is 0.934. The number of aromatic nitrogens is 2. The highest BCUT2D eigenvalue weighted by molar-refractivity contribution is 5.11. The topological polar surface area (TPSA) is 50.3 Å². The highest BCUT2D eigenvalue weighted by atomic mass is 16.5. The van der Waals surface area contributed by atoms with Crippen molar-refractivity contribution in [1.82, 2.24) is 20.4 Å². The Labute approximate surface area is 102 Å². The van der Waals surface area contributed by atoms with Crippen LogP contribution < -0.4 is 10.1 Å². The molecule has 2 heterocycles. The monoisotopic (exact) mass is 236 g/mol. The summed E-state index contributed by atoms with van der Waals surface area (Å²) in [6, 6.07) is 3.85. The zero-order valence-electron chi connectivity index (χ0n) is 10.5. The molecule has 1 N–H and O–H groups in total. The number of piperidine rings is 1. The molecular formula is C12H20N4O. The third-order valence-corrected chi connectivity index (χ3v) is 3.01. The molecule has 94 valence electrons. The van der Waals surface area contributed by atoms with Gasteiger partial charge in [-0.2, -0.15) is 5.10 Å². The molecule has 17 heavy (non-hydrogen) atoms. The van der Waals surface area contributed by atoms with Crippen molar-refractivity contribution in [3.05, 3.63) is 17.8 Å². The van der Waals surface area contributed by atoms with Crippen LogP contribution in [0.3, 0.4) is 0 Å². The van der Waals surface area contributed by atoms with E-state index in [1.165, 1.54) is 0 Å². The molecule has 5 nitrogen and oxygen atoms in total. The van der Waals surface area contributed by atoms with Gasteiger partial charge in [-0.1, -0.05) is 0 Å². The van der Waals surface area contributed by atoms with Gasteiger partial charge in [-0.15, -0.1) is 5.10 Å². The Kier molecular flexibility index (Phi) is 4.28. The SMILES string of the molecule is CNCc1ccc(OC2CCN(C)CC2)nn1. The average molecular weight is 236 g/mol. The lowest BCUT2D eigenvalue weighted by Gasteiger charge is -2.28. The number of nitrogens with one attached hydrogen (secondary N) is 1. The highest BCUT2D eigenvalue weighted by Crippen LogP contribution is 2.15. The molecule has 0 saturated carbocycles. The zero-order chi connectivity index (χ0) is 12.1. The maximum Gasteiger partial charge on any atom is 0.233 e. The van der Waals surface area contributed by atoms with Crippen LogP contribution in [0.15, 0.2) is 12.1 Å². The van der Waals surface area contributed by atoms with Gasteiger partial charge >= 0.3 is 0 Å². The Bertz CT molecular complexity index is 333. The highest BCUT2D eigenvalue weighted by Gasteiger charge is 2.18. The molecule has 1 aromatic heterocycles. The molecule has 0 radical (unpaired) electrons. The summed E-state index contributed by atoms with van der Waals surface area (Å²) in [7, 11) is 4.03. The van der Waals surface area contributed by atoms with Crippen LogP contribution in [0.25, 0.3) is 0 Å². The summed E-state index contributed by atoms with van der Waals surface area (Å²) in [6.07, 6.45) is 2.42. The molecule has 0 unspecified atom stereocenters. The molecule has 0 spiro atoms. The predicted octanol–water partition coefficient (Wildman–Crippen LogP) is 0.669. The first-order valence-electron chi connectivity index (χ1n) is 6.10. The fraction of sp³-hybridized carbons (Fsp3) is 0.667. The van der Waals surface area contributed by atoms with Gasteiger partial charge in [0.1, 0.15) is 6.10 Å². The molecule has 1 aliphatic rings. The van der Waals surface area contributed by atoms with E-state index >= 15 is 0 Å². The minimum absolute atomic E-state index is 0.288. The molecule has 0 aromatic carbocycles. The first-order chi connectivity index (χ1) is 8.28. The van der Waals surface area contributed by atoms with Gasteiger partial charge in [0.05, 0.1) is 5.69 Å². The van der Waals surface area contributed by atoms with Crippen molar-refractivity contribution in [2.75, 3.05) is 27.2 Å². The first kappa shape index (κ1) is 12.3. The van der Waals surface area contributed by atoms with E-state index in [4.69, 9.17) is 4.74 Å². The van der Waals surface area contributed by atoms with Crippen molar-refractivity contribution >= 4 is 0 Å². The maximum atomic E-state index is 5.82. The lowest BCUT2D eigenvalue weighted by atomic mass is 10.1. The summed E-state index contributed by atoms with van der Waals surface area (Å²) in [4.78, 5) is 2.32. The second-order valence-electron chi connectivity index (χ2n) is 4.51. The van der Waals surface area contributed by atoms with Gasteiger partial charge in [0, 0.05) is 25.7 Å². The van der Waals surface area contributed by atoms with Crippen molar-refractivity contribution < 1.29 is 4.74 Å². The van der Waals surface area contributed by atoms with Gasteiger partial charge in [-0.25, -0.2) is 0 Å². The van der Waals surface area contributed by atoms with E-state index in [0.29, 0.717) is 5.88 Å². The fourth-order valence-electron chi connectivity index (χ4n) is 1.96. The lowest BCUT2D eigenvalue weighted by molar-refractivity contribution is 0.109. The normalized spacial score (nSPS) is 18.2. The number of likely N-dealkylation sites (tertiary alicyclic amines) is 1. The van der Waals surface area contributed by atoms with E-state index in [9.17, 15) is 0 Å². The summed E-state index contributed by atoms with van der Waals surface area (Å²) < 4.78 is 5.82. The summed E-state index contributed by atoms with van der Waals surface area (Å²) >= 11 is 0. The minimum atomic E-state index is 0.288. The number of ether oxygens (including phenoxy) is 1.